The van der Waals surface area contributed by atoms with E-state index in [1.54, 1.807) is 0 Å². The van der Waals surface area contributed by atoms with Gasteiger partial charge in [-0.2, -0.15) is 11.8 Å². The molecule has 1 aliphatic heterocycles. The van der Waals surface area contributed by atoms with Crippen molar-refractivity contribution in [2.24, 2.45) is 11.7 Å². The highest BCUT2D eigenvalue weighted by atomic mass is 32.2. The van der Waals surface area contributed by atoms with E-state index in [1.807, 2.05) is 11.8 Å². The SMILES string of the molecule is CC(CN)CSC1CCOC1. The van der Waals surface area contributed by atoms with E-state index in [4.69, 9.17) is 10.5 Å². The van der Waals surface area contributed by atoms with Gasteiger partial charge in [0.1, 0.15) is 0 Å². The van der Waals surface area contributed by atoms with E-state index in [9.17, 15) is 0 Å². The van der Waals surface area contributed by atoms with Gasteiger partial charge in [-0.3, -0.25) is 0 Å². The summed E-state index contributed by atoms with van der Waals surface area (Å²) >= 11 is 2.01. The lowest BCUT2D eigenvalue weighted by molar-refractivity contribution is 0.199. The molecule has 0 aromatic heterocycles. The lowest BCUT2D eigenvalue weighted by Crippen LogP contribution is -2.15. The smallest absolute Gasteiger partial charge is 0.0585 e. The Morgan fingerprint density at radius 1 is 1.73 bits per heavy atom. The van der Waals surface area contributed by atoms with Crippen LogP contribution in [0, 0.1) is 5.92 Å². The Balaban J connectivity index is 2.01. The minimum Gasteiger partial charge on any atom is -0.380 e. The van der Waals surface area contributed by atoms with Gasteiger partial charge in [-0.25, -0.2) is 0 Å². The summed E-state index contributed by atoms with van der Waals surface area (Å²) in [6.07, 6.45) is 1.22. The molecule has 0 spiro atoms. The molecule has 0 bridgehead atoms. The predicted octanol–water partition coefficient (Wildman–Crippen LogP) is 1.10. The highest BCUT2D eigenvalue weighted by Crippen LogP contribution is 2.21. The highest BCUT2D eigenvalue weighted by molar-refractivity contribution is 7.99. The second-order valence-electron chi connectivity index (χ2n) is 3.16. The molecule has 1 fully saturated rings. The van der Waals surface area contributed by atoms with Crippen molar-refractivity contribution in [1.29, 1.82) is 0 Å². The van der Waals surface area contributed by atoms with Crippen molar-refractivity contribution in [2.45, 2.75) is 18.6 Å². The molecule has 0 aromatic rings. The minimum atomic E-state index is 0.653. The molecule has 1 aliphatic rings. The molecular weight excluding hydrogens is 158 g/mol. The summed E-state index contributed by atoms with van der Waals surface area (Å²) in [5.41, 5.74) is 5.51. The molecule has 2 nitrogen and oxygen atoms in total. The quantitative estimate of drug-likeness (QED) is 0.695. The van der Waals surface area contributed by atoms with E-state index in [-0.39, 0.29) is 0 Å². The Kier molecular flexibility index (Phi) is 4.26. The van der Waals surface area contributed by atoms with Gasteiger partial charge in [0.25, 0.3) is 0 Å². The van der Waals surface area contributed by atoms with Gasteiger partial charge >= 0.3 is 0 Å². The number of ether oxygens (including phenoxy) is 1. The van der Waals surface area contributed by atoms with Crippen LogP contribution in [0.2, 0.25) is 0 Å². The zero-order valence-electron chi connectivity index (χ0n) is 7.08. The summed E-state index contributed by atoms with van der Waals surface area (Å²) in [7, 11) is 0. The zero-order chi connectivity index (χ0) is 8.10. The summed E-state index contributed by atoms with van der Waals surface area (Å²) in [4.78, 5) is 0. The topological polar surface area (TPSA) is 35.2 Å². The van der Waals surface area contributed by atoms with Gasteiger partial charge in [-0.1, -0.05) is 6.92 Å². The van der Waals surface area contributed by atoms with Crippen molar-refractivity contribution >= 4 is 11.8 Å². The molecule has 0 aliphatic carbocycles. The van der Waals surface area contributed by atoms with Crippen LogP contribution in [0.25, 0.3) is 0 Å². The Morgan fingerprint density at radius 2 is 2.55 bits per heavy atom. The Labute approximate surface area is 72.9 Å². The van der Waals surface area contributed by atoms with Crippen LogP contribution in [0.15, 0.2) is 0 Å². The predicted molar refractivity (Wildman–Crippen MR) is 49.9 cm³/mol. The molecule has 66 valence electrons. The van der Waals surface area contributed by atoms with E-state index in [0.717, 1.165) is 25.0 Å². The third-order valence-electron chi connectivity index (χ3n) is 1.91. The lowest BCUT2D eigenvalue weighted by Gasteiger charge is -2.10. The number of hydrogen-bond donors (Lipinski definition) is 1. The maximum Gasteiger partial charge on any atom is 0.0585 e. The second-order valence-corrected chi connectivity index (χ2v) is 4.49. The third kappa shape index (κ3) is 3.45. The van der Waals surface area contributed by atoms with Gasteiger partial charge < -0.3 is 10.5 Å². The van der Waals surface area contributed by atoms with Gasteiger partial charge in [-0.15, -0.1) is 0 Å². The van der Waals surface area contributed by atoms with E-state index >= 15 is 0 Å². The Morgan fingerprint density at radius 3 is 3.09 bits per heavy atom. The number of thioether (sulfide) groups is 1. The van der Waals surface area contributed by atoms with Crippen LogP contribution in [0.5, 0.6) is 0 Å². The Bertz CT molecular complexity index is 104. The normalized spacial score (nSPS) is 27.3. The van der Waals surface area contributed by atoms with Crippen LogP contribution in [0.3, 0.4) is 0 Å². The van der Waals surface area contributed by atoms with Gasteiger partial charge in [0.15, 0.2) is 0 Å². The molecule has 11 heavy (non-hydrogen) atoms. The molecule has 0 aromatic carbocycles. The van der Waals surface area contributed by atoms with Crippen LogP contribution < -0.4 is 5.73 Å². The third-order valence-corrected chi connectivity index (χ3v) is 3.51. The molecule has 2 unspecified atom stereocenters. The maximum atomic E-state index is 5.51. The summed E-state index contributed by atoms with van der Waals surface area (Å²) in [5, 5.41) is 0.740. The van der Waals surface area contributed by atoms with Crippen LogP contribution in [-0.2, 0) is 4.74 Å². The summed E-state index contributed by atoms with van der Waals surface area (Å²) in [6.45, 7) is 4.90. The molecular formula is C8H17NOS. The zero-order valence-corrected chi connectivity index (χ0v) is 7.90. The summed E-state index contributed by atoms with van der Waals surface area (Å²) in [6, 6.07) is 0. The molecule has 1 heterocycles. The first-order chi connectivity index (χ1) is 5.33. The van der Waals surface area contributed by atoms with E-state index in [0.29, 0.717) is 5.92 Å². The fourth-order valence-electron chi connectivity index (χ4n) is 1.01. The number of rotatable bonds is 4. The molecule has 0 saturated carbocycles. The van der Waals surface area contributed by atoms with Crippen LogP contribution in [0.4, 0.5) is 0 Å². The van der Waals surface area contributed by atoms with Crippen molar-refractivity contribution in [1.82, 2.24) is 0 Å². The van der Waals surface area contributed by atoms with E-state index in [1.165, 1.54) is 12.2 Å². The Hall–Kier alpha value is 0.270. The molecule has 3 heteroatoms. The molecule has 2 atom stereocenters. The first-order valence-corrected chi connectivity index (χ1v) is 5.27. The van der Waals surface area contributed by atoms with E-state index in [2.05, 4.69) is 6.92 Å². The van der Waals surface area contributed by atoms with Gasteiger partial charge in [-0.05, 0) is 24.6 Å². The second kappa shape index (κ2) is 5.01. The average Bonchev–Trinajstić information content (AvgIpc) is 2.52. The first kappa shape index (κ1) is 9.36. The van der Waals surface area contributed by atoms with Crippen molar-refractivity contribution < 1.29 is 4.74 Å². The molecule has 1 saturated heterocycles. The van der Waals surface area contributed by atoms with Gasteiger partial charge in [0, 0.05) is 11.9 Å². The van der Waals surface area contributed by atoms with Crippen LogP contribution in [-0.4, -0.2) is 30.8 Å². The molecule has 1 rings (SSSR count). The monoisotopic (exact) mass is 175 g/mol. The fourth-order valence-corrected chi connectivity index (χ4v) is 2.20. The first-order valence-electron chi connectivity index (χ1n) is 4.22. The van der Waals surface area contributed by atoms with E-state index < -0.39 is 0 Å². The maximum absolute atomic E-state index is 5.51. The highest BCUT2D eigenvalue weighted by Gasteiger charge is 2.16. The minimum absolute atomic E-state index is 0.653. The van der Waals surface area contributed by atoms with Crippen molar-refractivity contribution in [2.75, 3.05) is 25.5 Å². The standard InChI is InChI=1S/C8H17NOS/c1-7(4-9)6-11-8-2-3-10-5-8/h7-8H,2-6,9H2,1H3. The number of hydrogen-bond acceptors (Lipinski definition) is 3. The van der Waals surface area contributed by atoms with Crippen LogP contribution in [0.1, 0.15) is 13.3 Å². The van der Waals surface area contributed by atoms with Gasteiger partial charge in [0.05, 0.1) is 6.61 Å². The molecule has 0 amide bonds. The van der Waals surface area contributed by atoms with Crippen molar-refractivity contribution in [3.63, 3.8) is 0 Å². The molecule has 0 radical (unpaired) electrons. The average molecular weight is 175 g/mol. The van der Waals surface area contributed by atoms with Gasteiger partial charge in [0.2, 0.25) is 0 Å². The van der Waals surface area contributed by atoms with Crippen LogP contribution >= 0.6 is 11.8 Å². The largest absolute Gasteiger partial charge is 0.380 e. The molecule has 2 N–H and O–H groups in total. The summed E-state index contributed by atoms with van der Waals surface area (Å²) in [5.74, 6) is 1.84. The van der Waals surface area contributed by atoms with Crippen molar-refractivity contribution in [3.05, 3.63) is 0 Å². The summed E-state index contributed by atoms with van der Waals surface area (Å²) < 4.78 is 5.27. The fraction of sp³-hybridized carbons (Fsp3) is 1.00. The number of nitrogens with two attached hydrogens (primary N) is 1. The van der Waals surface area contributed by atoms with Crippen molar-refractivity contribution in [3.8, 4) is 0 Å². The lowest BCUT2D eigenvalue weighted by atomic mass is 10.2.